The number of hydrogen-bond acceptors (Lipinski definition) is 3. The maximum atomic E-state index is 12.4. The van der Waals surface area contributed by atoms with Gasteiger partial charge in [0.15, 0.2) is 0 Å². The first-order valence-corrected chi connectivity index (χ1v) is 9.03. The summed E-state index contributed by atoms with van der Waals surface area (Å²) in [5.74, 6) is 0.580. The first-order valence-electron chi connectivity index (χ1n) is 9.03. The number of rotatable bonds is 1. The second-order valence-corrected chi connectivity index (χ2v) is 6.91. The third-order valence-corrected chi connectivity index (χ3v) is 5.24. The molecule has 1 aromatic carbocycles. The first kappa shape index (κ1) is 17.0. The highest BCUT2D eigenvalue weighted by Crippen LogP contribution is 2.30. The van der Waals surface area contributed by atoms with Crippen LogP contribution in [0.2, 0.25) is 0 Å². The van der Waals surface area contributed by atoms with Crippen molar-refractivity contribution >= 4 is 6.09 Å². The molecule has 24 heavy (non-hydrogen) atoms. The molecule has 4 nitrogen and oxygen atoms in total. The Morgan fingerprint density at radius 3 is 2.50 bits per heavy atom. The molecular weight excluding hydrogens is 300 g/mol. The summed E-state index contributed by atoms with van der Waals surface area (Å²) in [6, 6.07) is 8.38. The number of ether oxygens (including phenoxy) is 1. The molecule has 3 saturated heterocycles. The summed E-state index contributed by atoms with van der Waals surface area (Å²) >= 11 is 0. The molecule has 1 amide bonds. The van der Waals surface area contributed by atoms with Crippen LogP contribution in [-0.4, -0.2) is 48.2 Å². The Hall–Kier alpha value is -1.81. The van der Waals surface area contributed by atoms with Crippen molar-refractivity contribution in [3.63, 3.8) is 0 Å². The Morgan fingerprint density at radius 2 is 1.88 bits per heavy atom. The van der Waals surface area contributed by atoms with Gasteiger partial charge in [-0.25, -0.2) is 4.79 Å². The highest BCUT2D eigenvalue weighted by molar-refractivity contribution is 5.68. The monoisotopic (exact) mass is 328 g/mol. The molecule has 1 aromatic rings. The van der Waals surface area contributed by atoms with E-state index in [1.54, 1.807) is 6.08 Å². The van der Waals surface area contributed by atoms with Crippen molar-refractivity contribution in [1.29, 1.82) is 0 Å². The molecular formula is C20H28N2O2. The van der Waals surface area contributed by atoms with E-state index in [1.165, 1.54) is 37.1 Å². The molecule has 1 atom stereocenters. The van der Waals surface area contributed by atoms with Crippen LogP contribution >= 0.6 is 0 Å². The zero-order valence-corrected chi connectivity index (χ0v) is 14.6. The van der Waals surface area contributed by atoms with Crippen LogP contribution < -0.4 is 0 Å². The van der Waals surface area contributed by atoms with Gasteiger partial charge in [-0.1, -0.05) is 30.3 Å². The van der Waals surface area contributed by atoms with Crippen LogP contribution in [0.3, 0.4) is 0 Å². The van der Waals surface area contributed by atoms with E-state index in [4.69, 9.17) is 4.74 Å². The van der Waals surface area contributed by atoms with Gasteiger partial charge in [0.05, 0.1) is 0 Å². The fraction of sp³-hybridized carbons (Fsp3) is 0.550. The normalized spacial score (nSPS) is 27.5. The fourth-order valence-corrected chi connectivity index (χ4v) is 3.90. The lowest BCUT2D eigenvalue weighted by atomic mass is 9.86. The fourth-order valence-electron chi connectivity index (χ4n) is 3.90. The van der Waals surface area contributed by atoms with Gasteiger partial charge < -0.3 is 9.64 Å². The molecule has 3 fully saturated rings. The Morgan fingerprint density at radius 1 is 1.21 bits per heavy atom. The molecule has 4 aliphatic heterocycles. The zero-order valence-electron chi connectivity index (χ0n) is 14.6. The third-order valence-electron chi connectivity index (χ3n) is 5.24. The predicted molar refractivity (Wildman–Crippen MR) is 95.9 cm³/mol. The minimum absolute atomic E-state index is 0.108. The molecule has 5 rings (SSSR count). The number of carbonyl (C=O) groups excluding carboxylic acids is 1. The lowest BCUT2D eigenvalue weighted by Gasteiger charge is -2.44. The smallest absolute Gasteiger partial charge is 0.410 e. The van der Waals surface area contributed by atoms with Crippen molar-refractivity contribution in [1.82, 2.24) is 9.80 Å². The molecule has 0 aromatic heterocycles. The van der Waals surface area contributed by atoms with E-state index in [2.05, 4.69) is 29.7 Å². The van der Waals surface area contributed by atoms with Crippen LogP contribution in [0.4, 0.5) is 4.79 Å². The Kier molecular flexibility index (Phi) is 5.56. The van der Waals surface area contributed by atoms with Crippen molar-refractivity contribution in [3.05, 3.63) is 48.0 Å². The second-order valence-electron chi connectivity index (χ2n) is 6.91. The standard InChI is InChI=1S/C17H22N2O2.C3H6/c20-17(21-16-12-18-8-5-14(16)6-9-18)19-10-7-13-3-1-2-4-15(13)11-19;1-3-2/h1-4,14,16H,5-12H2;3H,1H2,2H3/t16-;/m1./s1. The average molecular weight is 328 g/mol. The van der Waals surface area contributed by atoms with Crippen LogP contribution in [0.25, 0.3) is 0 Å². The lowest BCUT2D eigenvalue weighted by Crippen LogP contribution is -2.53. The highest BCUT2D eigenvalue weighted by atomic mass is 16.6. The third kappa shape index (κ3) is 3.81. The number of benzene rings is 1. The van der Waals surface area contributed by atoms with E-state index in [-0.39, 0.29) is 12.2 Å². The van der Waals surface area contributed by atoms with Crippen LogP contribution in [0.5, 0.6) is 0 Å². The van der Waals surface area contributed by atoms with Crippen molar-refractivity contribution < 1.29 is 9.53 Å². The van der Waals surface area contributed by atoms with Crippen LogP contribution in [0.15, 0.2) is 36.9 Å². The van der Waals surface area contributed by atoms with E-state index < -0.39 is 0 Å². The topological polar surface area (TPSA) is 32.8 Å². The summed E-state index contributed by atoms with van der Waals surface area (Å²) < 4.78 is 5.83. The molecule has 0 unspecified atom stereocenters. The minimum atomic E-state index is -0.122. The van der Waals surface area contributed by atoms with Crippen molar-refractivity contribution in [2.24, 2.45) is 5.92 Å². The SMILES string of the molecule is C=CC.O=C(O[C@@H]1CN2CCC1CC2)N1CCc2ccccc2C1. The van der Waals surface area contributed by atoms with Gasteiger partial charge in [-0.3, -0.25) is 4.90 Å². The van der Waals surface area contributed by atoms with Crippen LogP contribution in [0.1, 0.15) is 30.9 Å². The molecule has 4 heteroatoms. The number of carbonyl (C=O) groups is 1. The van der Waals surface area contributed by atoms with Gasteiger partial charge in [0.1, 0.15) is 6.10 Å². The quantitative estimate of drug-likeness (QED) is 0.740. The summed E-state index contributed by atoms with van der Waals surface area (Å²) in [4.78, 5) is 16.7. The van der Waals surface area contributed by atoms with Gasteiger partial charge >= 0.3 is 6.09 Å². The zero-order chi connectivity index (χ0) is 16.9. The Labute approximate surface area is 145 Å². The number of fused-ring (bicyclic) bond motifs is 4. The Balaban J connectivity index is 0.000000526. The van der Waals surface area contributed by atoms with Gasteiger partial charge in [-0.2, -0.15) is 0 Å². The first-order chi connectivity index (χ1) is 11.7. The van der Waals surface area contributed by atoms with Crippen molar-refractivity contribution in [2.45, 2.75) is 38.8 Å². The van der Waals surface area contributed by atoms with Crippen LogP contribution in [-0.2, 0) is 17.7 Å². The molecule has 4 heterocycles. The van der Waals surface area contributed by atoms with Gasteiger partial charge in [0.25, 0.3) is 0 Å². The molecule has 0 N–H and O–H groups in total. The minimum Gasteiger partial charge on any atom is -0.444 e. The summed E-state index contributed by atoms with van der Waals surface area (Å²) in [7, 11) is 0. The molecule has 2 bridgehead atoms. The number of hydrogen-bond donors (Lipinski definition) is 0. The molecule has 130 valence electrons. The molecule has 0 radical (unpaired) electrons. The number of piperidine rings is 3. The second kappa shape index (κ2) is 7.84. The van der Waals surface area contributed by atoms with E-state index >= 15 is 0 Å². The van der Waals surface area contributed by atoms with Gasteiger partial charge in [0.2, 0.25) is 0 Å². The molecule has 4 aliphatic rings. The summed E-state index contributed by atoms with van der Waals surface area (Å²) in [6.45, 7) is 10.00. The van der Waals surface area contributed by atoms with E-state index in [0.717, 1.165) is 19.5 Å². The predicted octanol–water partition coefficient (Wildman–Crippen LogP) is 3.47. The number of nitrogens with zero attached hydrogens (tertiary/aromatic N) is 2. The summed E-state index contributed by atoms with van der Waals surface area (Å²) in [5, 5.41) is 0. The largest absolute Gasteiger partial charge is 0.444 e. The summed E-state index contributed by atoms with van der Waals surface area (Å²) in [5.41, 5.74) is 2.62. The summed E-state index contributed by atoms with van der Waals surface area (Å²) in [6.07, 6.45) is 5.04. The van der Waals surface area contributed by atoms with Gasteiger partial charge in [-0.05, 0) is 56.3 Å². The van der Waals surface area contributed by atoms with Gasteiger partial charge in [-0.15, -0.1) is 6.58 Å². The van der Waals surface area contributed by atoms with E-state index in [9.17, 15) is 4.79 Å². The maximum Gasteiger partial charge on any atom is 0.410 e. The molecule has 0 saturated carbocycles. The van der Waals surface area contributed by atoms with E-state index in [1.807, 2.05) is 17.9 Å². The molecule has 0 aliphatic carbocycles. The average Bonchev–Trinajstić information content (AvgIpc) is 2.63. The van der Waals surface area contributed by atoms with Gasteiger partial charge in [0, 0.05) is 19.6 Å². The molecule has 0 spiro atoms. The van der Waals surface area contributed by atoms with E-state index in [0.29, 0.717) is 12.5 Å². The number of allylic oxidation sites excluding steroid dienone is 1. The Bertz CT molecular complexity index is 579. The maximum absolute atomic E-state index is 12.4. The number of amides is 1. The van der Waals surface area contributed by atoms with Crippen molar-refractivity contribution in [2.75, 3.05) is 26.2 Å². The van der Waals surface area contributed by atoms with Crippen LogP contribution in [0, 0.1) is 5.92 Å². The highest BCUT2D eigenvalue weighted by Gasteiger charge is 2.37. The lowest BCUT2D eigenvalue weighted by molar-refractivity contribution is -0.0446. The van der Waals surface area contributed by atoms with Crippen molar-refractivity contribution in [3.8, 4) is 0 Å².